The zero-order chi connectivity index (χ0) is 19.3. The maximum atomic E-state index is 12.1. The molecule has 0 bridgehead atoms. The molecule has 27 heavy (non-hydrogen) atoms. The lowest BCUT2D eigenvalue weighted by Gasteiger charge is -2.09. The van der Waals surface area contributed by atoms with Crippen LogP contribution in [0.15, 0.2) is 53.7 Å². The lowest BCUT2D eigenvalue weighted by Crippen LogP contribution is -2.19. The van der Waals surface area contributed by atoms with Gasteiger partial charge >= 0.3 is 6.18 Å². The Morgan fingerprint density at radius 2 is 1.67 bits per heavy atom. The van der Waals surface area contributed by atoms with Crippen molar-refractivity contribution in [1.82, 2.24) is 15.2 Å². The standard InChI is InChI=1S/C18H16F3N3O2S/c1-25-14-8-4-13(5-9-14)16-22-17(24-23-16)27-10-12-2-6-15(7-3-12)26-11-18(19,20)21/h2-9H,10-11H2,1H3,(H,22,23,24). The molecule has 0 spiro atoms. The topological polar surface area (TPSA) is 60.0 Å². The molecule has 0 unspecified atom stereocenters. The molecule has 3 aromatic rings. The molecule has 9 heteroatoms. The highest BCUT2D eigenvalue weighted by atomic mass is 32.2. The number of nitrogens with one attached hydrogen (secondary N) is 1. The van der Waals surface area contributed by atoms with Crippen LogP contribution >= 0.6 is 11.8 Å². The average molecular weight is 395 g/mol. The first-order valence-electron chi connectivity index (χ1n) is 7.91. The molecule has 1 aromatic heterocycles. The minimum Gasteiger partial charge on any atom is -0.497 e. The summed E-state index contributed by atoms with van der Waals surface area (Å²) < 4.78 is 46.2. The summed E-state index contributed by atoms with van der Waals surface area (Å²) in [4.78, 5) is 4.43. The van der Waals surface area contributed by atoms with Gasteiger partial charge in [0.2, 0.25) is 5.16 Å². The Morgan fingerprint density at radius 1 is 1.00 bits per heavy atom. The summed E-state index contributed by atoms with van der Waals surface area (Å²) in [5.41, 5.74) is 1.82. The van der Waals surface area contributed by atoms with E-state index in [1.165, 1.54) is 23.9 Å². The number of nitrogens with zero attached hydrogens (tertiary/aromatic N) is 2. The van der Waals surface area contributed by atoms with Crippen LogP contribution in [0.2, 0.25) is 0 Å². The van der Waals surface area contributed by atoms with Crippen LogP contribution in [-0.2, 0) is 5.75 Å². The van der Waals surface area contributed by atoms with Crippen molar-refractivity contribution in [2.75, 3.05) is 13.7 Å². The van der Waals surface area contributed by atoms with Crippen LogP contribution in [0.25, 0.3) is 11.4 Å². The van der Waals surface area contributed by atoms with Crippen LogP contribution in [-0.4, -0.2) is 35.1 Å². The number of methoxy groups -OCH3 is 1. The first kappa shape index (κ1) is 19.1. The van der Waals surface area contributed by atoms with Gasteiger partial charge in [-0.25, -0.2) is 4.98 Å². The van der Waals surface area contributed by atoms with Crippen LogP contribution in [0.3, 0.4) is 0 Å². The quantitative estimate of drug-likeness (QED) is 0.587. The van der Waals surface area contributed by atoms with E-state index in [1.807, 2.05) is 24.3 Å². The highest BCUT2D eigenvalue weighted by molar-refractivity contribution is 7.98. The summed E-state index contributed by atoms with van der Waals surface area (Å²) in [6.45, 7) is -1.30. The number of hydrogen-bond donors (Lipinski definition) is 1. The molecule has 5 nitrogen and oxygen atoms in total. The van der Waals surface area contributed by atoms with Crippen LogP contribution in [0.1, 0.15) is 5.56 Å². The number of benzene rings is 2. The first-order chi connectivity index (χ1) is 12.9. The van der Waals surface area contributed by atoms with Gasteiger partial charge < -0.3 is 9.47 Å². The van der Waals surface area contributed by atoms with Crippen molar-refractivity contribution in [3.05, 3.63) is 54.1 Å². The minimum absolute atomic E-state index is 0.181. The fourth-order valence-electron chi connectivity index (χ4n) is 2.18. The second-order valence-corrected chi connectivity index (χ2v) is 6.47. The van der Waals surface area contributed by atoms with E-state index in [2.05, 4.69) is 19.9 Å². The largest absolute Gasteiger partial charge is 0.497 e. The zero-order valence-corrected chi connectivity index (χ0v) is 15.1. The van der Waals surface area contributed by atoms with Gasteiger partial charge in [-0.05, 0) is 42.0 Å². The number of aromatic nitrogens is 3. The van der Waals surface area contributed by atoms with E-state index in [0.717, 1.165) is 16.9 Å². The molecule has 0 atom stereocenters. The zero-order valence-electron chi connectivity index (χ0n) is 14.3. The van der Waals surface area contributed by atoms with Crippen LogP contribution in [0, 0.1) is 0 Å². The van der Waals surface area contributed by atoms with Crippen molar-refractivity contribution in [2.24, 2.45) is 0 Å². The highest BCUT2D eigenvalue weighted by Crippen LogP contribution is 2.25. The Hall–Kier alpha value is -2.68. The van der Waals surface area contributed by atoms with Gasteiger partial charge in [0.15, 0.2) is 12.4 Å². The molecule has 0 saturated heterocycles. The minimum atomic E-state index is -4.35. The first-order valence-corrected chi connectivity index (χ1v) is 8.89. The average Bonchev–Trinajstić information content (AvgIpc) is 3.14. The van der Waals surface area contributed by atoms with E-state index in [4.69, 9.17) is 4.74 Å². The number of hydrogen-bond acceptors (Lipinski definition) is 5. The van der Waals surface area contributed by atoms with E-state index in [9.17, 15) is 13.2 Å². The van der Waals surface area contributed by atoms with Crippen molar-refractivity contribution in [3.63, 3.8) is 0 Å². The van der Waals surface area contributed by atoms with Gasteiger partial charge in [0.05, 0.1) is 7.11 Å². The van der Waals surface area contributed by atoms with E-state index < -0.39 is 12.8 Å². The maximum absolute atomic E-state index is 12.1. The summed E-state index contributed by atoms with van der Waals surface area (Å²) in [6, 6.07) is 13.9. The molecular formula is C18H16F3N3O2S. The summed E-state index contributed by atoms with van der Waals surface area (Å²) in [7, 11) is 1.60. The summed E-state index contributed by atoms with van der Waals surface area (Å²) in [5.74, 6) is 2.17. The highest BCUT2D eigenvalue weighted by Gasteiger charge is 2.28. The summed E-state index contributed by atoms with van der Waals surface area (Å²) >= 11 is 1.42. The SMILES string of the molecule is COc1ccc(-c2nc(SCc3ccc(OCC(F)(F)F)cc3)n[nH]2)cc1. The second kappa shape index (κ2) is 8.34. The van der Waals surface area contributed by atoms with Gasteiger partial charge in [-0.1, -0.05) is 23.9 Å². The molecular weight excluding hydrogens is 379 g/mol. The van der Waals surface area contributed by atoms with Crippen molar-refractivity contribution < 1.29 is 22.6 Å². The van der Waals surface area contributed by atoms with E-state index in [1.54, 1.807) is 19.2 Å². The molecule has 0 fully saturated rings. The third kappa shape index (κ3) is 5.65. The van der Waals surface area contributed by atoms with Crippen LogP contribution < -0.4 is 9.47 Å². The van der Waals surface area contributed by atoms with E-state index in [-0.39, 0.29) is 5.75 Å². The molecule has 0 saturated carbocycles. The van der Waals surface area contributed by atoms with Crippen LogP contribution in [0.5, 0.6) is 11.5 Å². The monoisotopic (exact) mass is 395 g/mol. The third-order valence-electron chi connectivity index (χ3n) is 3.52. The Labute approximate surface area is 157 Å². The van der Waals surface area contributed by atoms with Crippen molar-refractivity contribution >= 4 is 11.8 Å². The fraction of sp³-hybridized carbons (Fsp3) is 0.222. The van der Waals surface area contributed by atoms with Crippen molar-refractivity contribution in [1.29, 1.82) is 0 Å². The Balaban J connectivity index is 1.55. The predicted molar refractivity (Wildman–Crippen MR) is 95.9 cm³/mol. The second-order valence-electron chi connectivity index (χ2n) is 5.53. The summed E-state index contributed by atoms with van der Waals surface area (Å²) in [6.07, 6.45) is -4.35. The molecule has 1 N–H and O–H groups in total. The van der Waals surface area contributed by atoms with E-state index >= 15 is 0 Å². The Kier molecular flexibility index (Phi) is 5.90. The number of thioether (sulfide) groups is 1. The van der Waals surface area contributed by atoms with Crippen LogP contribution in [0.4, 0.5) is 13.2 Å². The molecule has 0 radical (unpaired) electrons. The lowest BCUT2D eigenvalue weighted by atomic mass is 10.2. The number of rotatable bonds is 7. The van der Waals surface area contributed by atoms with Gasteiger partial charge in [0.25, 0.3) is 0 Å². The van der Waals surface area contributed by atoms with Gasteiger partial charge in [-0.2, -0.15) is 13.2 Å². The molecule has 0 aliphatic heterocycles. The van der Waals surface area contributed by atoms with Gasteiger partial charge in [0.1, 0.15) is 11.5 Å². The normalized spacial score (nSPS) is 11.4. The van der Waals surface area contributed by atoms with Gasteiger partial charge in [0, 0.05) is 11.3 Å². The smallest absolute Gasteiger partial charge is 0.422 e. The van der Waals surface area contributed by atoms with Gasteiger partial charge in [-0.3, -0.25) is 5.10 Å². The lowest BCUT2D eigenvalue weighted by molar-refractivity contribution is -0.153. The molecule has 1 heterocycles. The Morgan fingerprint density at radius 3 is 2.30 bits per heavy atom. The molecule has 0 aliphatic carbocycles. The number of ether oxygens (including phenoxy) is 2. The number of aromatic amines is 1. The number of H-pyrrole nitrogens is 1. The fourth-order valence-corrected chi connectivity index (χ4v) is 2.94. The molecule has 0 aliphatic rings. The van der Waals surface area contributed by atoms with Crippen molar-refractivity contribution in [3.8, 4) is 22.9 Å². The van der Waals surface area contributed by atoms with E-state index in [0.29, 0.717) is 16.7 Å². The maximum Gasteiger partial charge on any atom is 0.422 e. The molecule has 0 amide bonds. The molecule has 2 aromatic carbocycles. The van der Waals surface area contributed by atoms with Gasteiger partial charge in [-0.15, -0.1) is 5.10 Å². The summed E-state index contributed by atoms with van der Waals surface area (Å²) in [5, 5.41) is 7.64. The molecule has 142 valence electrons. The Bertz CT molecular complexity index is 865. The number of alkyl halides is 3. The van der Waals surface area contributed by atoms with Crippen molar-refractivity contribution in [2.45, 2.75) is 17.1 Å². The number of halogens is 3. The molecule has 3 rings (SSSR count). The third-order valence-corrected chi connectivity index (χ3v) is 4.44. The predicted octanol–water partition coefficient (Wildman–Crippen LogP) is 4.71.